The maximum absolute atomic E-state index is 12.4. The minimum Gasteiger partial charge on any atom is -0.426 e. The number of rotatable bonds is 10. The molecule has 3 rings (SSSR count). The molecule has 2 aromatic carbocycles. The van der Waals surface area contributed by atoms with Gasteiger partial charge in [-0.2, -0.15) is 0 Å². The number of piperazine rings is 1. The number of carbonyl (C=O) groups excluding carboxylic acids is 1. The highest BCUT2D eigenvalue weighted by Gasteiger charge is 2.24. The summed E-state index contributed by atoms with van der Waals surface area (Å²) in [6, 6.07) is 16.7. The number of carbonyl (C=O) groups is 1. The summed E-state index contributed by atoms with van der Waals surface area (Å²) in [5, 5.41) is 9.74. The molecule has 0 amide bonds. The fourth-order valence-corrected chi connectivity index (χ4v) is 4.65. The predicted molar refractivity (Wildman–Crippen MR) is 175 cm³/mol. The molecule has 41 heavy (non-hydrogen) atoms. The van der Waals surface area contributed by atoms with E-state index in [9.17, 15) is 9.90 Å². The van der Waals surface area contributed by atoms with E-state index in [-0.39, 0.29) is 12.6 Å². The Labute approximate surface area is 249 Å². The number of hydrogen-bond acceptors (Lipinski definition) is 5. The summed E-state index contributed by atoms with van der Waals surface area (Å²) in [7, 11) is 2.17. The van der Waals surface area contributed by atoms with Crippen LogP contribution in [0.3, 0.4) is 0 Å². The van der Waals surface area contributed by atoms with Gasteiger partial charge >= 0.3 is 5.97 Å². The Morgan fingerprint density at radius 3 is 2.00 bits per heavy atom. The molecule has 0 spiro atoms. The van der Waals surface area contributed by atoms with Crippen LogP contribution in [0.1, 0.15) is 78.9 Å². The zero-order valence-corrected chi connectivity index (χ0v) is 26.7. The molecule has 1 heterocycles. The Kier molecular flexibility index (Phi) is 14.1. The second kappa shape index (κ2) is 17.0. The number of esters is 1. The monoisotopic (exact) mass is 560 g/mol. The van der Waals surface area contributed by atoms with E-state index in [1.54, 1.807) is 0 Å². The molecule has 0 saturated carbocycles. The standard InChI is InChI=1S/C34H46N2O3.C2H6/c1-7-9-11-26(8-2)31(12-10-25-37)32(28-15-19-30(20-16-28)39-33(38)34(3,4)5)27-13-17-29(18-14-27)36-23-21-35(6)22-24-36;1-2/h8-9,11,13-20,37H,7,10,12,21-25H2,1-6H3;1-2H3/b11-9-,26-8+,32-31+;. The van der Waals surface area contributed by atoms with Crippen LogP contribution in [0.25, 0.3) is 5.57 Å². The molecule has 0 aromatic heterocycles. The van der Waals surface area contributed by atoms with Crippen LogP contribution in [0.2, 0.25) is 0 Å². The molecular weight excluding hydrogens is 508 g/mol. The van der Waals surface area contributed by atoms with Gasteiger partial charge in [0.05, 0.1) is 5.41 Å². The largest absolute Gasteiger partial charge is 0.426 e. The van der Waals surface area contributed by atoms with E-state index in [1.807, 2.05) is 58.9 Å². The minimum absolute atomic E-state index is 0.134. The number of aliphatic hydroxyl groups is 1. The summed E-state index contributed by atoms with van der Waals surface area (Å²) in [4.78, 5) is 17.2. The Morgan fingerprint density at radius 2 is 1.51 bits per heavy atom. The molecule has 5 heteroatoms. The summed E-state index contributed by atoms with van der Waals surface area (Å²) in [5.74, 6) is 0.285. The number of anilines is 1. The van der Waals surface area contributed by atoms with Crippen molar-refractivity contribution in [3.63, 3.8) is 0 Å². The normalized spacial score (nSPS) is 15.3. The number of hydrogen-bond donors (Lipinski definition) is 1. The topological polar surface area (TPSA) is 53.0 Å². The summed E-state index contributed by atoms with van der Waals surface area (Å²) in [5.41, 5.74) is 6.34. The zero-order valence-electron chi connectivity index (χ0n) is 26.7. The first-order chi connectivity index (χ1) is 19.7. The third-order valence-electron chi connectivity index (χ3n) is 7.07. The van der Waals surface area contributed by atoms with Crippen LogP contribution in [0, 0.1) is 5.41 Å². The lowest BCUT2D eigenvalue weighted by atomic mass is 9.86. The van der Waals surface area contributed by atoms with Gasteiger partial charge in [0.15, 0.2) is 0 Å². The number of nitrogens with zero attached hydrogens (tertiary/aromatic N) is 2. The van der Waals surface area contributed by atoms with Gasteiger partial charge in [0.25, 0.3) is 0 Å². The van der Waals surface area contributed by atoms with E-state index in [0.29, 0.717) is 12.2 Å². The first kappa shape index (κ1) is 34.1. The molecule has 5 nitrogen and oxygen atoms in total. The highest BCUT2D eigenvalue weighted by atomic mass is 16.5. The molecule has 1 aliphatic heterocycles. The quantitative estimate of drug-likeness (QED) is 0.182. The van der Waals surface area contributed by atoms with Crippen molar-refractivity contribution in [2.75, 3.05) is 44.7 Å². The van der Waals surface area contributed by atoms with Gasteiger partial charge in [0.2, 0.25) is 0 Å². The first-order valence-electron chi connectivity index (χ1n) is 15.2. The second-order valence-corrected chi connectivity index (χ2v) is 11.2. The number of benzene rings is 2. The molecule has 1 fully saturated rings. The molecule has 1 N–H and O–H groups in total. The molecule has 0 unspecified atom stereocenters. The summed E-state index contributed by atoms with van der Waals surface area (Å²) < 4.78 is 5.64. The molecular formula is C36H52N2O3. The van der Waals surface area contributed by atoms with Gasteiger partial charge in [0.1, 0.15) is 5.75 Å². The Hall–Kier alpha value is -3.15. The van der Waals surface area contributed by atoms with Crippen molar-refractivity contribution in [2.24, 2.45) is 5.41 Å². The van der Waals surface area contributed by atoms with E-state index in [1.165, 1.54) is 11.3 Å². The van der Waals surface area contributed by atoms with Crippen LogP contribution in [0.4, 0.5) is 5.69 Å². The predicted octanol–water partition coefficient (Wildman–Crippen LogP) is 7.90. The SMILES string of the molecule is C/C=C(\C=C/CC)C(/CCCO)=C(/c1ccc(OC(=O)C(C)(C)C)cc1)c1ccc(N2CCN(C)CC2)cc1.CC. The number of likely N-dealkylation sites (N-methyl/N-ethyl adjacent to an activating group) is 1. The van der Waals surface area contributed by atoms with E-state index >= 15 is 0 Å². The molecule has 1 saturated heterocycles. The number of aliphatic hydroxyl groups excluding tert-OH is 1. The number of ether oxygens (including phenoxy) is 1. The fraction of sp³-hybridized carbons (Fsp3) is 0.472. The fourth-order valence-electron chi connectivity index (χ4n) is 4.65. The average Bonchev–Trinajstić information content (AvgIpc) is 2.98. The van der Waals surface area contributed by atoms with Crippen molar-refractivity contribution in [3.8, 4) is 5.75 Å². The minimum atomic E-state index is -0.570. The van der Waals surface area contributed by atoms with Crippen LogP contribution in [-0.2, 0) is 4.79 Å². The Balaban J connectivity index is 0.00000287. The van der Waals surface area contributed by atoms with Gasteiger partial charge in [0, 0.05) is 38.5 Å². The zero-order chi connectivity index (χ0) is 30.4. The average molecular weight is 561 g/mol. The number of allylic oxidation sites excluding steroid dienone is 5. The lowest BCUT2D eigenvalue weighted by molar-refractivity contribution is -0.143. The maximum Gasteiger partial charge on any atom is 0.316 e. The highest BCUT2D eigenvalue weighted by molar-refractivity contribution is 5.86. The smallest absolute Gasteiger partial charge is 0.316 e. The van der Waals surface area contributed by atoms with E-state index in [0.717, 1.165) is 61.3 Å². The van der Waals surface area contributed by atoms with Crippen molar-refractivity contribution in [1.82, 2.24) is 4.90 Å². The highest BCUT2D eigenvalue weighted by Crippen LogP contribution is 2.35. The van der Waals surface area contributed by atoms with E-state index in [2.05, 4.69) is 73.2 Å². The molecule has 0 bridgehead atoms. The van der Waals surface area contributed by atoms with Gasteiger partial charge in [-0.25, -0.2) is 0 Å². The second-order valence-electron chi connectivity index (χ2n) is 11.2. The van der Waals surface area contributed by atoms with Gasteiger partial charge < -0.3 is 19.6 Å². The Morgan fingerprint density at radius 1 is 0.951 bits per heavy atom. The third kappa shape index (κ3) is 10.0. The summed E-state index contributed by atoms with van der Waals surface area (Å²) >= 11 is 0. The van der Waals surface area contributed by atoms with E-state index < -0.39 is 5.41 Å². The maximum atomic E-state index is 12.4. The third-order valence-corrected chi connectivity index (χ3v) is 7.07. The molecule has 2 aromatic rings. The van der Waals surface area contributed by atoms with Crippen LogP contribution in [0.15, 0.2) is 77.9 Å². The summed E-state index contributed by atoms with van der Waals surface area (Å²) in [6.07, 6.45) is 8.89. The van der Waals surface area contributed by atoms with E-state index in [4.69, 9.17) is 4.74 Å². The van der Waals surface area contributed by atoms with Gasteiger partial charge in [-0.1, -0.05) is 63.3 Å². The molecule has 0 radical (unpaired) electrons. The molecule has 0 aliphatic carbocycles. The van der Waals surface area contributed by atoms with Crippen LogP contribution in [0.5, 0.6) is 5.75 Å². The Bertz CT molecular complexity index is 1160. The lowest BCUT2D eigenvalue weighted by Gasteiger charge is -2.34. The van der Waals surface area contributed by atoms with Crippen LogP contribution < -0.4 is 9.64 Å². The lowest BCUT2D eigenvalue weighted by Crippen LogP contribution is -2.44. The van der Waals surface area contributed by atoms with Crippen molar-refractivity contribution >= 4 is 17.2 Å². The van der Waals surface area contributed by atoms with Gasteiger partial charge in [-0.15, -0.1) is 0 Å². The van der Waals surface area contributed by atoms with Crippen molar-refractivity contribution in [3.05, 3.63) is 89.0 Å². The van der Waals surface area contributed by atoms with Gasteiger partial charge in [-0.05, 0) is 106 Å². The van der Waals surface area contributed by atoms with Crippen molar-refractivity contribution in [1.29, 1.82) is 0 Å². The van der Waals surface area contributed by atoms with Gasteiger partial charge in [-0.3, -0.25) is 4.79 Å². The summed E-state index contributed by atoms with van der Waals surface area (Å²) in [6.45, 7) is 18.1. The molecule has 224 valence electrons. The van der Waals surface area contributed by atoms with Crippen molar-refractivity contribution < 1.29 is 14.6 Å². The first-order valence-corrected chi connectivity index (χ1v) is 15.2. The molecule has 0 atom stereocenters. The van der Waals surface area contributed by atoms with Crippen LogP contribution >= 0.6 is 0 Å². The van der Waals surface area contributed by atoms with Crippen LogP contribution in [-0.4, -0.2) is 55.8 Å². The molecule has 1 aliphatic rings. The van der Waals surface area contributed by atoms with Crippen molar-refractivity contribution in [2.45, 2.75) is 67.7 Å².